The van der Waals surface area contributed by atoms with Crippen molar-refractivity contribution in [3.8, 4) is 5.95 Å². The molecule has 0 saturated carbocycles. The topological polar surface area (TPSA) is 83.5 Å². The smallest absolute Gasteiger partial charge is 0.274 e. The molecule has 0 atom stereocenters. The van der Waals surface area contributed by atoms with Crippen LogP contribution >= 0.6 is 11.8 Å². The molecule has 2 N–H and O–H groups in total. The Hall–Kier alpha value is -3.06. The number of hydrogen-bond donors (Lipinski definition) is 2. The lowest BCUT2D eigenvalue weighted by Gasteiger charge is -2.02. The van der Waals surface area contributed by atoms with Gasteiger partial charge in [0, 0.05) is 28.0 Å². The average molecular weight is 364 g/mol. The SMILES string of the molecule is CC(=O)c1cccc(SCc2cc(=O)n(-c3nc4ccccc4[nH]3)[nH]2)c1. The van der Waals surface area contributed by atoms with E-state index in [9.17, 15) is 9.59 Å². The fourth-order valence-electron chi connectivity index (χ4n) is 2.69. The molecule has 0 aliphatic heterocycles. The Labute approximate surface area is 153 Å². The number of ketones is 1. The standard InChI is InChI=1S/C19H16N4O2S/c1-12(24)13-5-4-6-15(9-13)26-11-14-10-18(25)23(22-14)19-20-16-7-2-3-8-17(16)21-19/h2-10,22H,11H2,1H3,(H,20,21). The van der Waals surface area contributed by atoms with Crippen LogP contribution in [0, 0.1) is 0 Å². The van der Waals surface area contributed by atoms with Gasteiger partial charge in [-0.25, -0.2) is 4.98 Å². The number of thioether (sulfide) groups is 1. The summed E-state index contributed by atoms with van der Waals surface area (Å²) in [4.78, 5) is 32.3. The van der Waals surface area contributed by atoms with Crippen molar-refractivity contribution >= 4 is 28.6 Å². The van der Waals surface area contributed by atoms with Crippen LogP contribution in [-0.2, 0) is 5.75 Å². The van der Waals surface area contributed by atoms with Gasteiger partial charge in [0.15, 0.2) is 5.78 Å². The van der Waals surface area contributed by atoms with Crippen LogP contribution in [0.2, 0.25) is 0 Å². The minimum Gasteiger partial charge on any atom is -0.322 e. The Morgan fingerprint density at radius 2 is 2.00 bits per heavy atom. The quantitative estimate of drug-likeness (QED) is 0.419. The van der Waals surface area contributed by atoms with E-state index in [1.807, 2.05) is 42.5 Å². The molecule has 0 spiro atoms. The maximum Gasteiger partial charge on any atom is 0.274 e. The molecular formula is C19H16N4O2S. The first kappa shape index (κ1) is 16.4. The van der Waals surface area contributed by atoms with E-state index >= 15 is 0 Å². The molecule has 0 aliphatic rings. The van der Waals surface area contributed by atoms with Crippen LogP contribution in [0.5, 0.6) is 0 Å². The highest BCUT2D eigenvalue weighted by atomic mass is 32.2. The van der Waals surface area contributed by atoms with Crippen LogP contribution in [0.3, 0.4) is 0 Å². The zero-order valence-electron chi connectivity index (χ0n) is 14.0. The number of aromatic nitrogens is 4. The number of carbonyl (C=O) groups is 1. The van der Waals surface area contributed by atoms with Gasteiger partial charge in [0.05, 0.1) is 11.0 Å². The van der Waals surface area contributed by atoms with Crippen molar-refractivity contribution in [2.75, 3.05) is 0 Å². The molecule has 0 unspecified atom stereocenters. The maximum atomic E-state index is 12.3. The summed E-state index contributed by atoms with van der Waals surface area (Å²) in [6.07, 6.45) is 0. The minimum absolute atomic E-state index is 0.0388. The van der Waals surface area contributed by atoms with Crippen LogP contribution in [0.4, 0.5) is 0 Å². The van der Waals surface area contributed by atoms with Crippen molar-refractivity contribution in [2.45, 2.75) is 17.6 Å². The first-order valence-corrected chi connectivity index (χ1v) is 9.08. The van der Waals surface area contributed by atoms with Crippen LogP contribution in [-0.4, -0.2) is 25.5 Å². The van der Waals surface area contributed by atoms with E-state index in [-0.39, 0.29) is 11.3 Å². The van der Waals surface area contributed by atoms with Crippen molar-refractivity contribution in [2.24, 2.45) is 0 Å². The van der Waals surface area contributed by atoms with E-state index in [0.717, 1.165) is 21.6 Å². The molecule has 0 amide bonds. The Morgan fingerprint density at radius 3 is 2.81 bits per heavy atom. The second kappa shape index (κ2) is 6.68. The first-order chi connectivity index (χ1) is 12.6. The van der Waals surface area contributed by atoms with E-state index in [1.165, 1.54) is 4.68 Å². The van der Waals surface area contributed by atoms with Gasteiger partial charge in [-0.1, -0.05) is 24.3 Å². The van der Waals surface area contributed by atoms with Crippen molar-refractivity contribution < 1.29 is 4.79 Å². The zero-order valence-corrected chi connectivity index (χ0v) is 14.8. The highest BCUT2D eigenvalue weighted by molar-refractivity contribution is 7.98. The van der Waals surface area contributed by atoms with Gasteiger partial charge in [0.2, 0.25) is 5.95 Å². The molecule has 0 saturated heterocycles. The number of hydrogen-bond acceptors (Lipinski definition) is 4. The summed E-state index contributed by atoms with van der Waals surface area (Å²) in [6.45, 7) is 1.55. The lowest BCUT2D eigenvalue weighted by molar-refractivity contribution is 0.101. The Kier molecular flexibility index (Phi) is 4.22. The number of rotatable bonds is 5. The molecule has 26 heavy (non-hydrogen) atoms. The number of H-pyrrole nitrogens is 2. The zero-order chi connectivity index (χ0) is 18.1. The average Bonchev–Trinajstić information content (AvgIpc) is 3.23. The molecule has 0 aliphatic carbocycles. The molecule has 2 aromatic heterocycles. The molecule has 4 aromatic rings. The minimum atomic E-state index is -0.169. The van der Waals surface area contributed by atoms with E-state index in [2.05, 4.69) is 15.1 Å². The first-order valence-electron chi connectivity index (χ1n) is 8.10. The maximum absolute atomic E-state index is 12.3. The molecule has 6 nitrogen and oxygen atoms in total. The number of aromatic amines is 2. The second-order valence-electron chi connectivity index (χ2n) is 5.91. The van der Waals surface area contributed by atoms with Crippen LogP contribution in [0.15, 0.2) is 64.3 Å². The van der Waals surface area contributed by atoms with Gasteiger partial charge in [-0.15, -0.1) is 11.8 Å². The number of para-hydroxylation sites is 2. The molecule has 0 bridgehead atoms. The predicted molar refractivity (Wildman–Crippen MR) is 102 cm³/mol. The third-order valence-electron chi connectivity index (χ3n) is 4.00. The summed E-state index contributed by atoms with van der Waals surface area (Å²) in [5.41, 5.74) is 2.98. The molecule has 2 aromatic carbocycles. The van der Waals surface area contributed by atoms with Gasteiger partial charge in [-0.3, -0.25) is 14.7 Å². The number of nitrogens with zero attached hydrogens (tertiary/aromatic N) is 2. The van der Waals surface area contributed by atoms with E-state index in [0.29, 0.717) is 17.3 Å². The lowest BCUT2D eigenvalue weighted by Crippen LogP contribution is -2.14. The molecule has 2 heterocycles. The van der Waals surface area contributed by atoms with Gasteiger partial charge < -0.3 is 4.98 Å². The number of nitrogens with one attached hydrogen (secondary N) is 2. The third-order valence-corrected chi connectivity index (χ3v) is 5.04. The second-order valence-corrected chi connectivity index (χ2v) is 6.95. The molecule has 4 rings (SSSR count). The van der Waals surface area contributed by atoms with Crippen LogP contribution in [0.1, 0.15) is 23.0 Å². The Morgan fingerprint density at radius 1 is 1.15 bits per heavy atom. The monoisotopic (exact) mass is 364 g/mol. The lowest BCUT2D eigenvalue weighted by atomic mass is 10.2. The molecule has 130 valence electrons. The number of carbonyl (C=O) groups excluding carboxylic acids is 1. The fourth-order valence-corrected chi connectivity index (χ4v) is 3.54. The van der Waals surface area contributed by atoms with E-state index in [1.54, 1.807) is 30.8 Å². The van der Waals surface area contributed by atoms with Crippen LogP contribution in [0.25, 0.3) is 17.0 Å². The van der Waals surface area contributed by atoms with Gasteiger partial charge in [0.25, 0.3) is 5.56 Å². The molecule has 0 fully saturated rings. The van der Waals surface area contributed by atoms with Gasteiger partial charge in [-0.05, 0) is 31.2 Å². The summed E-state index contributed by atoms with van der Waals surface area (Å²) in [7, 11) is 0. The highest BCUT2D eigenvalue weighted by Crippen LogP contribution is 2.23. The fraction of sp³-hybridized carbons (Fsp3) is 0.105. The summed E-state index contributed by atoms with van der Waals surface area (Å²) in [5.74, 6) is 1.09. The van der Waals surface area contributed by atoms with Gasteiger partial charge in [-0.2, -0.15) is 4.68 Å². The summed E-state index contributed by atoms with van der Waals surface area (Å²) in [6, 6.07) is 16.7. The number of Topliss-reactive ketones (excluding diaryl/α,β-unsaturated/α-hetero) is 1. The van der Waals surface area contributed by atoms with Crippen molar-refractivity contribution in [3.63, 3.8) is 0 Å². The number of benzene rings is 2. The number of imidazole rings is 1. The van der Waals surface area contributed by atoms with Crippen molar-refractivity contribution in [1.29, 1.82) is 0 Å². The van der Waals surface area contributed by atoms with Crippen LogP contribution < -0.4 is 5.56 Å². The molecular weight excluding hydrogens is 348 g/mol. The van der Waals surface area contributed by atoms with Gasteiger partial charge in [0.1, 0.15) is 0 Å². The summed E-state index contributed by atoms with van der Waals surface area (Å²) in [5, 5.41) is 3.09. The van der Waals surface area contributed by atoms with Gasteiger partial charge >= 0.3 is 0 Å². The molecule has 0 radical (unpaired) electrons. The normalized spacial score (nSPS) is 11.1. The predicted octanol–water partition coefficient (Wildman–Crippen LogP) is 3.54. The summed E-state index contributed by atoms with van der Waals surface area (Å²) < 4.78 is 1.40. The Bertz CT molecular complexity index is 1120. The summed E-state index contributed by atoms with van der Waals surface area (Å²) >= 11 is 1.56. The van der Waals surface area contributed by atoms with E-state index in [4.69, 9.17) is 0 Å². The van der Waals surface area contributed by atoms with Crippen molar-refractivity contribution in [3.05, 3.63) is 76.2 Å². The van der Waals surface area contributed by atoms with E-state index < -0.39 is 0 Å². The molecule has 7 heteroatoms. The highest BCUT2D eigenvalue weighted by Gasteiger charge is 2.10. The third kappa shape index (κ3) is 3.21. The number of fused-ring (bicyclic) bond motifs is 1. The largest absolute Gasteiger partial charge is 0.322 e. The van der Waals surface area contributed by atoms with Crippen molar-refractivity contribution in [1.82, 2.24) is 19.7 Å². The Balaban J connectivity index is 1.56.